The average Bonchev–Trinajstić information content (AvgIpc) is 3.21. The quantitative estimate of drug-likeness (QED) is 0.0597. The number of hydrogen-bond donors (Lipinski definition) is 2. The number of carbonyl (C=O) groups is 2. The minimum absolute atomic E-state index is 0.121. The molecule has 0 fully saturated rings. The van der Waals surface area contributed by atoms with Crippen molar-refractivity contribution in [2.24, 2.45) is 5.92 Å². The van der Waals surface area contributed by atoms with E-state index in [0.29, 0.717) is 32.1 Å². The fraction of sp³-hybridized carbons (Fsp3) is 0.961. The fourth-order valence-corrected chi connectivity index (χ4v) is 7.60. The summed E-state index contributed by atoms with van der Waals surface area (Å²) in [5, 5.41) is 5.86. The monoisotopic (exact) mass is 823 g/mol. The van der Waals surface area contributed by atoms with Gasteiger partial charge in [-0.25, -0.2) is 4.79 Å². The molecule has 0 bridgehead atoms. The summed E-state index contributed by atoms with van der Waals surface area (Å²) in [5.41, 5.74) is 0. The highest BCUT2D eigenvalue weighted by atomic mass is 16.6. The molecule has 0 aliphatic heterocycles. The Labute approximate surface area is 362 Å². The molecule has 2 N–H and O–H groups in total. The molecule has 0 aliphatic carbocycles. The van der Waals surface area contributed by atoms with Crippen LogP contribution in [0.2, 0.25) is 0 Å². The van der Waals surface area contributed by atoms with Gasteiger partial charge in [0.2, 0.25) is 5.91 Å². The van der Waals surface area contributed by atoms with Crippen molar-refractivity contribution in [2.45, 2.75) is 271 Å². The number of carbonyl (C=O) groups excluding carboxylic acids is 2. The number of alkyl carbamates (subject to hydrolysis) is 1. The number of amides is 2. The minimum atomic E-state index is -0.403. The molecule has 0 spiro atoms. The topological polar surface area (TPSA) is 85.9 Å². The zero-order valence-electron chi connectivity index (χ0n) is 39.6. The number of nitrogens with one attached hydrogen (secondary N) is 2. The highest BCUT2D eigenvalue weighted by Gasteiger charge is 2.13. The normalized spacial score (nSPS) is 12.0. The van der Waals surface area contributed by atoms with E-state index >= 15 is 0 Å². The molecule has 58 heavy (non-hydrogen) atoms. The maximum Gasteiger partial charge on any atom is 0.407 e. The molecule has 2 amide bonds. The molecule has 0 aromatic rings. The maximum absolute atomic E-state index is 12.4. The van der Waals surface area contributed by atoms with Gasteiger partial charge in [0.15, 0.2) is 0 Å². The predicted octanol–water partition coefficient (Wildman–Crippen LogP) is 15.4. The largest absolute Gasteiger partial charge is 0.447 e. The van der Waals surface area contributed by atoms with Crippen molar-refractivity contribution >= 4 is 12.0 Å². The van der Waals surface area contributed by atoms with Crippen molar-refractivity contribution < 1.29 is 23.8 Å². The Hall–Kier alpha value is -1.34. The Kier molecular flexibility index (Phi) is 47.2. The summed E-state index contributed by atoms with van der Waals surface area (Å²) < 4.78 is 17.8. The van der Waals surface area contributed by atoms with E-state index < -0.39 is 6.09 Å². The lowest BCUT2D eigenvalue weighted by atomic mass is 10.0. The van der Waals surface area contributed by atoms with Crippen molar-refractivity contribution in [3.63, 3.8) is 0 Å². The number of ether oxygens (including phenoxy) is 3. The van der Waals surface area contributed by atoms with E-state index in [9.17, 15) is 9.59 Å². The van der Waals surface area contributed by atoms with Crippen LogP contribution >= 0.6 is 0 Å². The number of unbranched alkanes of at least 4 members (excludes halogenated alkanes) is 32. The third-order valence-corrected chi connectivity index (χ3v) is 11.6. The van der Waals surface area contributed by atoms with Crippen LogP contribution in [0, 0.1) is 5.92 Å². The van der Waals surface area contributed by atoms with E-state index in [1.165, 1.54) is 193 Å². The van der Waals surface area contributed by atoms with Crippen LogP contribution in [0.25, 0.3) is 0 Å². The molecule has 7 heteroatoms. The number of rotatable bonds is 48. The summed E-state index contributed by atoms with van der Waals surface area (Å²) in [6.45, 7) is 12.3. The Bertz CT molecular complexity index is 825. The first-order valence-corrected chi connectivity index (χ1v) is 25.9. The van der Waals surface area contributed by atoms with Crippen LogP contribution < -0.4 is 10.6 Å². The van der Waals surface area contributed by atoms with Gasteiger partial charge in [0.1, 0.15) is 12.7 Å². The van der Waals surface area contributed by atoms with E-state index in [2.05, 4.69) is 38.3 Å². The molecule has 0 unspecified atom stereocenters. The van der Waals surface area contributed by atoms with Crippen LogP contribution in [0.3, 0.4) is 0 Å². The maximum atomic E-state index is 12.4. The molecule has 0 aromatic carbocycles. The molecule has 0 rings (SSSR count). The first-order chi connectivity index (χ1) is 28.5. The van der Waals surface area contributed by atoms with Crippen LogP contribution in [-0.2, 0) is 19.0 Å². The average molecular weight is 823 g/mol. The van der Waals surface area contributed by atoms with Gasteiger partial charge >= 0.3 is 6.09 Å². The lowest BCUT2D eigenvalue weighted by Gasteiger charge is -2.18. The van der Waals surface area contributed by atoms with Gasteiger partial charge in [-0.2, -0.15) is 0 Å². The molecule has 0 saturated carbocycles. The summed E-state index contributed by atoms with van der Waals surface area (Å²) in [6.07, 6.45) is 46.9. The molecular weight excluding hydrogens is 721 g/mol. The van der Waals surface area contributed by atoms with Crippen LogP contribution in [0.1, 0.15) is 265 Å². The van der Waals surface area contributed by atoms with Gasteiger partial charge in [-0.15, -0.1) is 0 Å². The Morgan fingerprint density at radius 3 is 1.26 bits per heavy atom. The molecule has 346 valence electrons. The van der Waals surface area contributed by atoms with E-state index in [-0.39, 0.29) is 18.6 Å². The van der Waals surface area contributed by atoms with Gasteiger partial charge in [-0.1, -0.05) is 227 Å². The summed E-state index contributed by atoms with van der Waals surface area (Å²) in [6, 6.07) is 0. The van der Waals surface area contributed by atoms with Gasteiger partial charge in [-0.3, -0.25) is 4.79 Å². The Balaban J connectivity index is 4.11. The molecule has 0 radical (unpaired) electrons. The molecule has 1 atom stereocenters. The van der Waals surface area contributed by atoms with Crippen LogP contribution in [0.15, 0.2) is 0 Å². The van der Waals surface area contributed by atoms with Gasteiger partial charge in [0.05, 0.1) is 6.61 Å². The van der Waals surface area contributed by atoms with E-state index in [0.717, 1.165) is 51.7 Å². The summed E-state index contributed by atoms with van der Waals surface area (Å²) in [5.74, 6) is 0.716. The third-order valence-electron chi connectivity index (χ3n) is 11.6. The smallest absolute Gasteiger partial charge is 0.407 e. The molecule has 0 saturated heterocycles. The lowest BCUT2D eigenvalue weighted by molar-refractivity contribution is -0.121. The fourth-order valence-electron chi connectivity index (χ4n) is 7.60. The first kappa shape index (κ1) is 56.7. The minimum Gasteiger partial charge on any atom is -0.447 e. The van der Waals surface area contributed by atoms with Crippen LogP contribution in [0.4, 0.5) is 4.79 Å². The molecule has 0 heterocycles. The Morgan fingerprint density at radius 2 is 0.828 bits per heavy atom. The van der Waals surface area contributed by atoms with Gasteiger partial charge < -0.3 is 24.8 Å². The SMILES string of the molecule is CCCCCCCCCCCCCCCCCCOC[C@H](COC(=O)NCCCCCC(=O)NCCC(C)C)OCCCCCCCCCCCCCCCCCC. The second-order valence-electron chi connectivity index (χ2n) is 18.0. The van der Waals surface area contributed by atoms with Crippen molar-refractivity contribution in [3.05, 3.63) is 0 Å². The predicted molar refractivity (Wildman–Crippen MR) is 250 cm³/mol. The first-order valence-electron chi connectivity index (χ1n) is 25.9. The second kappa shape index (κ2) is 48.3. The number of hydrogen-bond acceptors (Lipinski definition) is 5. The molecular formula is C51H102N2O5. The third kappa shape index (κ3) is 47.3. The molecule has 0 aromatic heterocycles. The van der Waals surface area contributed by atoms with Gasteiger partial charge in [0, 0.05) is 32.7 Å². The zero-order valence-corrected chi connectivity index (χ0v) is 39.6. The van der Waals surface area contributed by atoms with Crippen molar-refractivity contribution in [2.75, 3.05) is 39.5 Å². The Morgan fingerprint density at radius 1 is 0.431 bits per heavy atom. The second-order valence-corrected chi connectivity index (χ2v) is 18.0. The zero-order chi connectivity index (χ0) is 42.3. The van der Waals surface area contributed by atoms with Gasteiger partial charge in [-0.05, 0) is 38.0 Å². The highest BCUT2D eigenvalue weighted by molar-refractivity contribution is 5.75. The van der Waals surface area contributed by atoms with Crippen LogP contribution in [0.5, 0.6) is 0 Å². The van der Waals surface area contributed by atoms with E-state index in [1.807, 2.05) is 0 Å². The standard InChI is InChI=1S/C51H102N2O5/c1-5-7-9-11-13-15-17-19-21-23-25-27-29-31-33-38-44-56-46-49(47-58-51(55)53-42-37-35-36-40-50(54)52-43-41-48(3)4)57-45-39-34-32-30-28-26-24-22-20-18-16-14-12-10-8-6-2/h48-49H,5-47H2,1-4H3,(H,52,54)(H,53,55)/t49-/m1/s1. The summed E-state index contributed by atoms with van der Waals surface area (Å²) in [4.78, 5) is 24.4. The van der Waals surface area contributed by atoms with Crippen molar-refractivity contribution in [3.8, 4) is 0 Å². The van der Waals surface area contributed by atoms with Crippen molar-refractivity contribution in [1.82, 2.24) is 10.6 Å². The van der Waals surface area contributed by atoms with E-state index in [1.54, 1.807) is 0 Å². The van der Waals surface area contributed by atoms with Crippen molar-refractivity contribution in [1.29, 1.82) is 0 Å². The van der Waals surface area contributed by atoms with E-state index in [4.69, 9.17) is 14.2 Å². The molecule has 0 aliphatic rings. The molecule has 7 nitrogen and oxygen atoms in total. The summed E-state index contributed by atoms with van der Waals surface area (Å²) in [7, 11) is 0. The van der Waals surface area contributed by atoms with Crippen LogP contribution in [-0.4, -0.2) is 57.6 Å². The van der Waals surface area contributed by atoms with Gasteiger partial charge in [0.25, 0.3) is 0 Å². The lowest BCUT2D eigenvalue weighted by Crippen LogP contribution is -2.32. The highest BCUT2D eigenvalue weighted by Crippen LogP contribution is 2.16. The summed E-state index contributed by atoms with van der Waals surface area (Å²) >= 11 is 0.